The Labute approximate surface area is 200 Å². The zero-order chi connectivity index (χ0) is 22.6. The number of piperidine rings is 1. The van der Waals surface area contributed by atoms with E-state index >= 15 is 0 Å². The fourth-order valence-electron chi connectivity index (χ4n) is 4.87. The molecule has 3 nitrogen and oxygen atoms in total. The zero-order valence-electron chi connectivity index (χ0n) is 18.4. The molecular weight excluding hydrogens is 449 g/mol. The molecule has 1 N–H and O–H groups in total. The standard InChI is InChI=1S/C25H31Cl2NO2S/c1-4-21(5-2)28-23(17-9-11-19(26)12-10-17)22(18-7-6-8-20(27)13-18)14-25(3,24(28)30)15-31-16-29/h6-13,21-23,29H,4-5,14-16H2,1-3H3/t22-,23-,25-/m1/s1. The number of likely N-dealkylation sites (tertiary alicyclic amines) is 1. The summed E-state index contributed by atoms with van der Waals surface area (Å²) >= 11 is 14.0. The van der Waals surface area contributed by atoms with Crippen LogP contribution in [0, 0.1) is 5.41 Å². The predicted octanol–water partition coefficient (Wildman–Crippen LogP) is 6.93. The van der Waals surface area contributed by atoms with Gasteiger partial charge in [0.15, 0.2) is 0 Å². The van der Waals surface area contributed by atoms with E-state index in [9.17, 15) is 9.90 Å². The highest BCUT2D eigenvalue weighted by Gasteiger charge is 2.51. The fraction of sp³-hybridized carbons (Fsp3) is 0.480. The molecule has 0 saturated carbocycles. The van der Waals surface area contributed by atoms with E-state index in [1.165, 1.54) is 11.8 Å². The lowest BCUT2D eigenvalue weighted by Crippen LogP contribution is -2.56. The molecule has 1 fully saturated rings. The quantitative estimate of drug-likeness (QED) is 0.417. The lowest BCUT2D eigenvalue weighted by Gasteiger charge is -2.52. The molecule has 0 radical (unpaired) electrons. The first-order valence-electron chi connectivity index (χ1n) is 10.9. The Kier molecular flexibility index (Phi) is 8.37. The number of rotatable bonds is 8. The fourth-order valence-corrected chi connectivity index (χ4v) is 5.98. The van der Waals surface area contributed by atoms with Crippen LogP contribution in [-0.4, -0.2) is 33.6 Å². The van der Waals surface area contributed by atoms with Gasteiger partial charge in [-0.3, -0.25) is 4.79 Å². The Balaban J connectivity index is 2.18. The topological polar surface area (TPSA) is 40.5 Å². The van der Waals surface area contributed by atoms with E-state index < -0.39 is 5.41 Å². The van der Waals surface area contributed by atoms with Gasteiger partial charge in [0, 0.05) is 27.8 Å². The van der Waals surface area contributed by atoms with Gasteiger partial charge in [0.25, 0.3) is 0 Å². The van der Waals surface area contributed by atoms with Gasteiger partial charge in [0.05, 0.1) is 17.4 Å². The van der Waals surface area contributed by atoms with Crippen molar-refractivity contribution in [3.05, 3.63) is 69.7 Å². The third-order valence-electron chi connectivity index (χ3n) is 6.44. The van der Waals surface area contributed by atoms with Crippen molar-refractivity contribution in [1.82, 2.24) is 4.90 Å². The van der Waals surface area contributed by atoms with Crippen LogP contribution >= 0.6 is 35.0 Å². The predicted molar refractivity (Wildman–Crippen MR) is 132 cm³/mol. The summed E-state index contributed by atoms with van der Waals surface area (Å²) in [4.78, 5) is 16.1. The first-order chi connectivity index (χ1) is 14.8. The van der Waals surface area contributed by atoms with Crippen molar-refractivity contribution in [2.75, 3.05) is 11.7 Å². The van der Waals surface area contributed by atoms with Gasteiger partial charge < -0.3 is 10.0 Å². The molecule has 0 unspecified atom stereocenters. The highest BCUT2D eigenvalue weighted by Crippen LogP contribution is 2.52. The van der Waals surface area contributed by atoms with Crippen LogP contribution in [0.5, 0.6) is 0 Å². The molecule has 3 rings (SSSR count). The average Bonchev–Trinajstić information content (AvgIpc) is 2.76. The Bertz CT molecular complexity index is 887. The summed E-state index contributed by atoms with van der Waals surface area (Å²) in [5.41, 5.74) is 1.66. The number of amides is 1. The Morgan fingerprint density at radius 3 is 2.35 bits per heavy atom. The Morgan fingerprint density at radius 2 is 1.77 bits per heavy atom. The smallest absolute Gasteiger partial charge is 0.230 e. The molecule has 0 aromatic heterocycles. The van der Waals surface area contributed by atoms with Gasteiger partial charge in [-0.2, -0.15) is 0 Å². The maximum atomic E-state index is 14.0. The van der Waals surface area contributed by atoms with E-state index in [4.69, 9.17) is 23.2 Å². The SMILES string of the molecule is CCC(CC)N1C(=O)[C@@](C)(CSCO)C[C@H](c2cccc(Cl)c2)[C@H]1c1ccc(Cl)cc1. The molecule has 1 saturated heterocycles. The first kappa shape index (κ1) is 24.4. The first-order valence-corrected chi connectivity index (χ1v) is 12.8. The number of benzene rings is 2. The molecule has 0 spiro atoms. The van der Waals surface area contributed by atoms with E-state index in [0.29, 0.717) is 22.2 Å². The van der Waals surface area contributed by atoms with E-state index in [-0.39, 0.29) is 29.8 Å². The van der Waals surface area contributed by atoms with Crippen molar-refractivity contribution >= 4 is 40.9 Å². The van der Waals surface area contributed by atoms with Crippen molar-refractivity contribution in [3.63, 3.8) is 0 Å². The number of nitrogens with zero attached hydrogens (tertiary/aromatic N) is 1. The van der Waals surface area contributed by atoms with Gasteiger partial charge in [-0.1, -0.05) is 61.3 Å². The van der Waals surface area contributed by atoms with Crippen molar-refractivity contribution < 1.29 is 9.90 Å². The van der Waals surface area contributed by atoms with Crippen LogP contribution in [0.25, 0.3) is 0 Å². The van der Waals surface area contributed by atoms with Gasteiger partial charge in [-0.25, -0.2) is 0 Å². The third kappa shape index (κ3) is 5.24. The van der Waals surface area contributed by atoms with Gasteiger partial charge in [0.2, 0.25) is 5.91 Å². The molecule has 0 aliphatic carbocycles. The molecule has 168 valence electrons. The van der Waals surface area contributed by atoms with Crippen LogP contribution in [0.15, 0.2) is 48.5 Å². The molecule has 3 atom stereocenters. The summed E-state index contributed by atoms with van der Waals surface area (Å²) in [7, 11) is 0. The monoisotopic (exact) mass is 479 g/mol. The van der Waals surface area contributed by atoms with Crippen LogP contribution in [0.4, 0.5) is 0 Å². The summed E-state index contributed by atoms with van der Waals surface area (Å²) < 4.78 is 0. The number of halogens is 2. The van der Waals surface area contributed by atoms with Crippen molar-refractivity contribution in [1.29, 1.82) is 0 Å². The number of hydrogen-bond acceptors (Lipinski definition) is 3. The van der Waals surface area contributed by atoms with Gasteiger partial charge >= 0.3 is 0 Å². The normalized spacial score (nSPS) is 24.1. The molecular formula is C25H31Cl2NO2S. The molecule has 2 aromatic carbocycles. The number of thioether (sulfide) groups is 1. The van der Waals surface area contributed by atoms with Crippen LogP contribution in [-0.2, 0) is 4.79 Å². The maximum Gasteiger partial charge on any atom is 0.230 e. The minimum absolute atomic E-state index is 0.0102. The van der Waals surface area contributed by atoms with Crippen LogP contribution in [0.3, 0.4) is 0 Å². The second kappa shape index (κ2) is 10.6. The van der Waals surface area contributed by atoms with Crippen LogP contribution in [0.2, 0.25) is 10.0 Å². The summed E-state index contributed by atoms with van der Waals surface area (Å²) in [6, 6.07) is 15.9. The molecule has 1 heterocycles. The van der Waals surface area contributed by atoms with Crippen molar-refractivity contribution in [2.24, 2.45) is 5.41 Å². The van der Waals surface area contributed by atoms with Gasteiger partial charge in [-0.05, 0) is 61.6 Å². The van der Waals surface area contributed by atoms with Crippen LogP contribution in [0.1, 0.15) is 63.1 Å². The number of hydrogen-bond donors (Lipinski definition) is 1. The number of aliphatic hydroxyl groups is 1. The molecule has 1 amide bonds. The van der Waals surface area contributed by atoms with E-state index in [1.807, 2.05) is 49.4 Å². The maximum absolute atomic E-state index is 14.0. The Morgan fingerprint density at radius 1 is 1.10 bits per heavy atom. The zero-order valence-corrected chi connectivity index (χ0v) is 20.7. The van der Waals surface area contributed by atoms with E-state index in [1.54, 1.807) is 0 Å². The summed E-state index contributed by atoms with van der Waals surface area (Å²) in [6.07, 6.45) is 2.47. The lowest BCUT2D eigenvalue weighted by atomic mass is 9.69. The second-order valence-corrected chi connectivity index (χ2v) is 10.4. The molecule has 6 heteroatoms. The van der Waals surface area contributed by atoms with Crippen molar-refractivity contribution in [2.45, 2.75) is 58.0 Å². The largest absolute Gasteiger partial charge is 0.386 e. The van der Waals surface area contributed by atoms with Crippen molar-refractivity contribution in [3.8, 4) is 0 Å². The second-order valence-electron chi connectivity index (χ2n) is 8.58. The summed E-state index contributed by atoms with van der Waals surface area (Å²) in [6.45, 7) is 6.33. The lowest BCUT2D eigenvalue weighted by molar-refractivity contribution is -0.153. The molecule has 31 heavy (non-hydrogen) atoms. The molecule has 2 aromatic rings. The number of aliphatic hydroxyl groups excluding tert-OH is 1. The number of carbonyl (C=O) groups excluding carboxylic acids is 1. The minimum atomic E-state index is -0.564. The van der Waals surface area contributed by atoms with Gasteiger partial charge in [-0.15, -0.1) is 11.8 Å². The highest BCUT2D eigenvalue weighted by molar-refractivity contribution is 7.99. The van der Waals surface area contributed by atoms with Gasteiger partial charge in [0.1, 0.15) is 0 Å². The minimum Gasteiger partial charge on any atom is -0.386 e. The highest BCUT2D eigenvalue weighted by atomic mass is 35.5. The average molecular weight is 481 g/mol. The Hall–Kier alpha value is -1.20. The van der Waals surface area contributed by atoms with E-state index in [0.717, 1.165) is 24.0 Å². The third-order valence-corrected chi connectivity index (χ3v) is 7.95. The number of carbonyl (C=O) groups is 1. The summed E-state index contributed by atoms with van der Waals surface area (Å²) in [5.74, 6) is 0.850. The summed E-state index contributed by atoms with van der Waals surface area (Å²) in [5, 5.41) is 10.8. The molecule has 1 aliphatic heterocycles. The molecule has 1 aliphatic rings. The van der Waals surface area contributed by atoms with Crippen LogP contribution < -0.4 is 0 Å². The van der Waals surface area contributed by atoms with E-state index in [2.05, 4.69) is 24.8 Å². The molecule has 0 bridgehead atoms.